The van der Waals surface area contributed by atoms with Gasteiger partial charge in [0.2, 0.25) is 5.91 Å². The number of anilines is 1. The molecule has 1 aromatic heterocycles. The number of hydrogen-bond acceptors (Lipinski definition) is 3. The molecule has 0 aliphatic rings. The minimum Gasteiger partial charge on any atom is -0.326 e. The average Bonchev–Trinajstić information content (AvgIpc) is 3.01. The number of nitrogens with zero attached hydrogens (tertiary/aromatic N) is 2. The van der Waals surface area contributed by atoms with Crippen LogP contribution in [0.2, 0.25) is 0 Å². The van der Waals surface area contributed by atoms with Crippen LogP contribution < -0.4 is 5.32 Å². The molecule has 0 spiro atoms. The molecule has 1 amide bonds. The van der Waals surface area contributed by atoms with Gasteiger partial charge in [0.1, 0.15) is 0 Å². The molecule has 6 heteroatoms. The highest BCUT2D eigenvalue weighted by molar-refractivity contribution is 7.71. The quantitative estimate of drug-likeness (QED) is 0.534. The first-order chi connectivity index (χ1) is 12.6. The lowest BCUT2D eigenvalue weighted by molar-refractivity contribution is -0.116. The Balaban J connectivity index is 1.72. The minimum absolute atomic E-state index is 0.113. The van der Waals surface area contributed by atoms with Crippen molar-refractivity contribution < 1.29 is 4.79 Å². The van der Waals surface area contributed by atoms with E-state index in [-0.39, 0.29) is 12.3 Å². The topological polar surface area (TPSA) is 62.7 Å². The molecule has 1 heterocycles. The van der Waals surface area contributed by atoms with E-state index in [1.807, 2.05) is 47.9 Å². The fourth-order valence-electron chi connectivity index (χ4n) is 2.65. The van der Waals surface area contributed by atoms with Gasteiger partial charge >= 0.3 is 0 Å². The first kappa shape index (κ1) is 17.6. The number of H-pyrrole nitrogens is 1. The maximum atomic E-state index is 12.3. The third kappa shape index (κ3) is 4.08. The van der Waals surface area contributed by atoms with E-state index in [0.717, 1.165) is 22.5 Å². The lowest BCUT2D eigenvalue weighted by Crippen LogP contribution is -2.15. The van der Waals surface area contributed by atoms with Gasteiger partial charge in [-0.05, 0) is 43.4 Å². The number of benzene rings is 2. The van der Waals surface area contributed by atoms with Crippen LogP contribution in [0, 0.1) is 24.0 Å². The van der Waals surface area contributed by atoms with Crippen molar-refractivity contribution in [1.29, 1.82) is 0 Å². The Labute approximate surface area is 157 Å². The highest BCUT2D eigenvalue weighted by atomic mass is 32.1. The molecule has 0 saturated carbocycles. The fraction of sp³-hybridized carbons (Fsp3) is 0.150. The van der Waals surface area contributed by atoms with Crippen molar-refractivity contribution in [3.05, 3.63) is 64.4 Å². The summed E-state index contributed by atoms with van der Waals surface area (Å²) < 4.78 is 2.32. The first-order valence-electron chi connectivity index (χ1n) is 8.15. The predicted octanol–water partition coefficient (Wildman–Crippen LogP) is 3.93. The maximum Gasteiger partial charge on any atom is 0.226 e. The highest BCUT2D eigenvalue weighted by Gasteiger charge is 2.11. The average molecular weight is 362 g/mol. The number of carbonyl (C=O) groups excluding carboxylic acids is 1. The number of aryl methyl sites for hydroxylation is 1. The molecule has 2 aromatic carbocycles. The maximum absolute atomic E-state index is 12.3. The van der Waals surface area contributed by atoms with Crippen molar-refractivity contribution in [3.8, 4) is 23.7 Å². The van der Waals surface area contributed by atoms with Crippen LogP contribution in [0.15, 0.2) is 48.5 Å². The van der Waals surface area contributed by atoms with Crippen molar-refractivity contribution >= 4 is 23.8 Å². The Morgan fingerprint density at radius 2 is 2.12 bits per heavy atom. The Morgan fingerprint density at radius 1 is 1.31 bits per heavy atom. The number of carbonyl (C=O) groups is 1. The standard InChI is InChI=1S/C20H18N4OS/c1-3-15-7-5-9-17(13-15)21-18(25)10-11-24-19(22-23-20(24)26)16-8-4-6-14(2)12-16/h1,4-9,12-13H,10-11H2,2H3,(H,21,25)(H,23,26). The Morgan fingerprint density at radius 3 is 2.88 bits per heavy atom. The molecule has 26 heavy (non-hydrogen) atoms. The zero-order chi connectivity index (χ0) is 18.5. The Kier molecular flexibility index (Phi) is 5.30. The predicted molar refractivity (Wildman–Crippen MR) is 105 cm³/mol. The molecule has 2 N–H and O–H groups in total. The molecule has 3 aromatic rings. The number of rotatable bonds is 5. The summed E-state index contributed by atoms with van der Waals surface area (Å²) in [4.78, 5) is 12.3. The van der Waals surface area contributed by atoms with Crippen molar-refractivity contribution in [3.63, 3.8) is 0 Å². The number of hydrogen-bond donors (Lipinski definition) is 2. The normalized spacial score (nSPS) is 10.3. The van der Waals surface area contributed by atoms with Gasteiger partial charge in [-0.2, -0.15) is 5.10 Å². The summed E-state index contributed by atoms with van der Waals surface area (Å²) in [7, 11) is 0. The van der Waals surface area contributed by atoms with Gasteiger partial charge in [0.05, 0.1) is 0 Å². The highest BCUT2D eigenvalue weighted by Crippen LogP contribution is 2.19. The van der Waals surface area contributed by atoms with E-state index in [1.165, 1.54) is 0 Å². The summed E-state index contributed by atoms with van der Waals surface area (Å²) in [6.45, 7) is 2.45. The molecule has 0 aliphatic carbocycles. The number of aromatic nitrogens is 3. The number of terminal acetylenes is 1. The van der Waals surface area contributed by atoms with Gasteiger partial charge in [0.25, 0.3) is 0 Å². The van der Waals surface area contributed by atoms with Gasteiger partial charge in [-0.3, -0.25) is 14.5 Å². The van der Waals surface area contributed by atoms with E-state index < -0.39 is 0 Å². The van der Waals surface area contributed by atoms with Crippen LogP contribution >= 0.6 is 12.2 Å². The van der Waals surface area contributed by atoms with Crippen LogP contribution in [0.5, 0.6) is 0 Å². The zero-order valence-corrected chi connectivity index (χ0v) is 15.1. The third-order valence-electron chi connectivity index (χ3n) is 3.91. The number of aromatic amines is 1. The molecule has 5 nitrogen and oxygen atoms in total. The monoisotopic (exact) mass is 362 g/mol. The van der Waals surface area contributed by atoms with Crippen LogP contribution in [-0.4, -0.2) is 20.7 Å². The molecular formula is C20H18N4OS. The van der Waals surface area contributed by atoms with Crippen molar-refractivity contribution in [1.82, 2.24) is 14.8 Å². The molecule has 0 radical (unpaired) electrons. The lowest BCUT2D eigenvalue weighted by Gasteiger charge is -2.09. The van der Waals surface area contributed by atoms with E-state index in [0.29, 0.717) is 17.0 Å². The lowest BCUT2D eigenvalue weighted by atomic mass is 10.1. The molecular weight excluding hydrogens is 344 g/mol. The van der Waals surface area contributed by atoms with Gasteiger partial charge in [0, 0.05) is 29.8 Å². The molecule has 0 fully saturated rings. The van der Waals surface area contributed by atoms with Crippen molar-refractivity contribution in [2.24, 2.45) is 0 Å². The van der Waals surface area contributed by atoms with Crippen LogP contribution in [-0.2, 0) is 11.3 Å². The van der Waals surface area contributed by atoms with Crippen LogP contribution in [0.3, 0.4) is 0 Å². The third-order valence-corrected chi connectivity index (χ3v) is 4.22. The van der Waals surface area contributed by atoms with E-state index in [2.05, 4.69) is 21.4 Å². The van der Waals surface area contributed by atoms with Gasteiger partial charge in [-0.25, -0.2) is 0 Å². The molecule has 0 atom stereocenters. The van der Waals surface area contributed by atoms with Crippen LogP contribution in [0.25, 0.3) is 11.4 Å². The second kappa shape index (κ2) is 7.81. The first-order valence-corrected chi connectivity index (χ1v) is 8.56. The summed E-state index contributed by atoms with van der Waals surface area (Å²) in [6, 6.07) is 15.2. The molecule has 130 valence electrons. The van der Waals surface area contributed by atoms with E-state index in [4.69, 9.17) is 18.6 Å². The number of amides is 1. The molecule has 0 bridgehead atoms. The summed E-state index contributed by atoms with van der Waals surface area (Å²) in [5.74, 6) is 3.16. The van der Waals surface area contributed by atoms with Gasteiger partial charge in [-0.15, -0.1) is 6.42 Å². The molecule has 0 unspecified atom stereocenters. The summed E-state index contributed by atoms with van der Waals surface area (Å²) in [6.07, 6.45) is 5.65. The summed E-state index contributed by atoms with van der Waals surface area (Å²) >= 11 is 5.31. The van der Waals surface area contributed by atoms with Gasteiger partial charge in [-0.1, -0.05) is 35.7 Å². The van der Waals surface area contributed by atoms with Crippen molar-refractivity contribution in [2.75, 3.05) is 5.32 Å². The SMILES string of the molecule is C#Cc1cccc(NC(=O)CCn2c(-c3cccc(C)c3)n[nH]c2=S)c1. The van der Waals surface area contributed by atoms with E-state index in [1.54, 1.807) is 12.1 Å². The van der Waals surface area contributed by atoms with Gasteiger partial charge < -0.3 is 5.32 Å². The van der Waals surface area contributed by atoms with Gasteiger partial charge in [0.15, 0.2) is 10.6 Å². The molecule has 0 aliphatic heterocycles. The van der Waals surface area contributed by atoms with Crippen molar-refractivity contribution in [2.45, 2.75) is 19.9 Å². The second-order valence-electron chi connectivity index (χ2n) is 5.90. The van der Waals surface area contributed by atoms with Crippen LogP contribution in [0.4, 0.5) is 5.69 Å². The second-order valence-corrected chi connectivity index (χ2v) is 6.28. The zero-order valence-electron chi connectivity index (χ0n) is 14.3. The molecule has 3 rings (SSSR count). The van der Waals surface area contributed by atoms with Crippen LogP contribution in [0.1, 0.15) is 17.5 Å². The smallest absolute Gasteiger partial charge is 0.226 e. The number of nitrogens with one attached hydrogen (secondary N) is 2. The van der Waals surface area contributed by atoms with E-state index in [9.17, 15) is 4.79 Å². The summed E-state index contributed by atoms with van der Waals surface area (Å²) in [5.41, 5.74) is 3.50. The van der Waals surface area contributed by atoms with E-state index >= 15 is 0 Å². The Bertz CT molecular complexity index is 1040. The largest absolute Gasteiger partial charge is 0.326 e. The fourth-order valence-corrected chi connectivity index (χ4v) is 2.88. The summed E-state index contributed by atoms with van der Waals surface area (Å²) in [5, 5.41) is 9.96. The minimum atomic E-state index is -0.113. The molecule has 0 saturated heterocycles. The Hall–Kier alpha value is -3.17.